The quantitative estimate of drug-likeness (QED) is 0.635. The summed E-state index contributed by atoms with van der Waals surface area (Å²) in [5, 5.41) is 0. The zero-order valence-corrected chi connectivity index (χ0v) is 10.8. The van der Waals surface area contributed by atoms with Gasteiger partial charge in [-0.05, 0) is 35.4 Å². The Kier molecular flexibility index (Phi) is 2.57. The minimum atomic E-state index is 0.227. The van der Waals surface area contributed by atoms with Crippen molar-refractivity contribution >= 4 is 5.69 Å². The molecule has 16 heavy (non-hydrogen) atoms. The Labute approximate surface area is 98.8 Å². The van der Waals surface area contributed by atoms with Crippen LogP contribution in [-0.2, 0) is 11.8 Å². The Morgan fingerprint density at radius 2 is 1.88 bits per heavy atom. The zero-order chi connectivity index (χ0) is 11.9. The SMILES string of the molecule is C=C1CCc2c(cccc2C(C)(C)C)N1C. The highest BCUT2D eigenvalue weighted by atomic mass is 15.1. The molecule has 1 nitrogen and oxygen atoms in total. The van der Waals surface area contributed by atoms with Crippen molar-refractivity contribution in [2.45, 2.75) is 39.0 Å². The van der Waals surface area contributed by atoms with Crippen LogP contribution in [0.5, 0.6) is 0 Å². The summed E-state index contributed by atoms with van der Waals surface area (Å²) in [5.74, 6) is 0. The molecule has 0 N–H and O–H groups in total. The van der Waals surface area contributed by atoms with Crippen molar-refractivity contribution in [1.82, 2.24) is 0 Å². The lowest BCUT2D eigenvalue weighted by atomic mass is 9.80. The molecule has 0 fully saturated rings. The van der Waals surface area contributed by atoms with Crippen molar-refractivity contribution in [3.05, 3.63) is 41.6 Å². The second-order valence-electron chi connectivity index (χ2n) is 5.68. The van der Waals surface area contributed by atoms with Crippen molar-refractivity contribution < 1.29 is 0 Å². The van der Waals surface area contributed by atoms with Gasteiger partial charge in [-0.25, -0.2) is 0 Å². The van der Waals surface area contributed by atoms with Crippen LogP contribution >= 0.6 is 0 Å². The number of fused-ring (bicyclic) bond motifs is 1. The summed E-state index contributed by atoms with van der Waals surface area (Å²) in [6.45, 7) is 11.0. The first-order valence-corrected chi connectivity index (χ1v) is 5.95. The molecule has 0 amide bonds. The molecule has 0 saturated carbocycles. The fourth-order valence-electron chi connectivity index (χ4n) is 2.46. The van der Waals surface area contributed by atoms with E-state index in [9.17, 15) is 0 Å². The minimum absolute atomic E-state index is 0.227. The average Bonchev–Trinajstić information content (AvgIpc) is 2.21. The molecule has 0 unspecified atom stereocenters. The molecule has 86 valence electrons. The van der Waals surface area contributed by atoms with Gasteiger partial charge in [-0.3, -0.25) is 0 Å². The molecule has 0 aromatic heterocycles. The minimum Gasteiger partial charge on any atom is -0.349 e. The second kappa shape index (κ2) is 3.65. The van der Waals surface area contributed by atoms with E-state index >= 15 is 0 Å². The molecule has 0 aliphatic carbocycles. The molecular weight excluding hydrogens is 194 g/mol. The topological polar surface area (TPSA) is 3.24 Å². The van der Waals surface area contributed by atoms with Crippen LogP contribution in [0.25, 0.3) is 0 Å². The summed E-state index contributed by atoms with van der Waals surface area (Å²) >= 11 is 0. The molecule has 1 aliphatic rings. The summed E-state index contributed by atoms with van der Waals surface area (Å²) < 4.78 is 0. The normalized spacial score (nSPS) is 16.2. The lowest BCUT2D eigenvalue weighted by Crippen LogP contribution is -2.25. The van der Waals surface area contributed by atoms with E-state index in [0.717, 1.165) is 12.8 Å². The van der Waals surface area contributed by atoms with E-state index in [1.165, 1.54) is 22.5 Å². The van der Waals surface area contributed by atoms with E-state index in [0.29, 0.717) is 0 Å². The monoisotopic (exact) mass is 215 g/mol. The predicted molar refractivity (Wildman–Crippen MR) is 71.0 cm³/mol. The number of nitrogens with zero attached hydrogens (tertiary/aromatic N) is 1. The molecule has 1 aromatic rings. The largest absolute Gasteiger partial charge is 0.349 e. The Morgan fingerprint density at radius 1 is 1.19 bits per heavy atom. The summed E-state index contributed by atoms with van der Waals surface area (Å²) in [4.78, 5) is 2.23. The zero-order valence-electron chi connectivity index (χ0n) is 10.8. The summed E-state index contributed by atoms with van der Waals surface area (Å²) in [6.07, 6.45) is 2.21. The summed E-state index contributed by atoms with van der Waals surface area (Å²) in [5.41, 5.74) is 5.77. The standard InChI is InChI=1S/C15H21N/c1-11-9-10-12-13(15(2,3)4)7-6-8-14(12)16(11)5/h6-8H,1,9-10H2,2-5H3. The van der Waals surface area contributed by atoms with Crippen LogP contribution in [0.1, 0.15) is 38.3 Å². The molecule has 0 radical (unpaired) electrons. The van der Waals surface area contributed by atoms with Crippen LogP contribution in [0, 0.1) is 0 Å². The fourth-order valence-corrected chi connectivity index (χ4v) is 2.46. The first kappa shape index (κ1) is 11.3. The van der Waals surface area contributed by atoms with Gasteiger partial charge >= 0.3 is 0 Å². The average molecular weight is 215 g/mol. The van der Waals surface area contributed by atoms with Crippen LogP contribution in [-0.4, -0.2) is 7.05 Å². The van der Waals surface area contributed by atoms with Gasteiger partial charge in [-0.2, -0.15) is 0 Å². The molecule has 0 atom stereocenters. The first-order valence-electron chi connectivity index (χ1n) is 5.95. The van der Waals surface area contributed by atoms with Crippen molar-refractivity contribution in [2.75, 3.05) is 11.9 Å². The molecule has 1 heteroatoms. The highest BCUT2D eigenvalue weighted by Gasteiger charge is 2.24. The lowest BCUT2D eigenvalue weighted by molar-refractivity contribution is 0.579. The van der Waals surface area contributed by atoms with Crippen molar-refractivity contribution in [2.24, 2.45) is 0 Å². The van der Waals surface area contributed by atoms with Gasteiger partial charge in [0, 0.05) is 18.4 Å². The van der Waals surface area contributed by atoms with Gasteiger partial charge < -0.3 is 4.90 Å². The van der Waals surface area contributed by atoms with Gasteiger partial charge in [-0.15, -0.1) is 0 Å². The number of benzene rings is 1. The molecule has 0 bridgehead atoms. The maximum absolute atomic E-state index is 4.11. The van der Waals surface area contributed by atoms with Gasteiger partial charge in [0.2, 0.25) is 0 Å². The Balaban J connectivity index is 2.57. The van der Waals surface area contributed by atoms with E-state index < -0.39 is 0 Å². The third kappa shape index (κ3) is 1.75. The van der Waals surface area contributed by atoms with Crippen LogP contribution in [0.15, 0.2) is 30.5 Å². The van der Waals surface area contributed by atoms with E-state index in [1.54, 1.807) is 0 Å². The van der Waals surface area contributed by atoms with Crippen LogP contribution in [0.4, 0.5) is 5.69 Å². The van der Waals surface area contributed by atoms with E-state index in [1.807, 2.05) is 0 Å². The Hall–Kier alpha value is -1.24. The van der Waals surface area contributed by atoms with Crippen LogP contribution in [0.3, 0.4) is 0 Å². The van der Waals surface area contributed by atoms with Crippen LogP contribution in [0.2, 0.25) is 0 Å². The Bertz CT molecular complexity index is 424. The highest BCUT2D eigenvalue weighted by molar-refractivity contribution is 5.63. The van der Waals surface area contributed by atoms with Crippen molar-refractivity contribution in [3.8, 4) is 0 Å². The smallest absolute Gasteiger partial charge is 0.0441 e. The van der Waals surface area contributed by atoms with Gasteiger partial charge in [0.05, 0.1) is 0 Å². The molecular formula is C15H21N. The van der Waals surface area contributed by atoms with Crippen molar-refractivity contribution in [1.29, 1.82) is 0 Å². The third-order valence-electron chi connectivity index (χ3n) is 3.46. The molecule has 1 aliphatic heterocycles. The van der Waals surface area contributed by atoms with Gasteiger partial charge in [-0.1, -0.05) is 39.5 Å². The maximum atomic E-state index is 4.11. The third-order valence-corrected chi connectivity index (χ3v) is 3.46. The number of rotatable bonds is 0. The van der Waals surface area contributed by atoms with E-state index in [-0.39, 0.29) is 5.41 Å². The number of allylic oxidation sites excluding steroid dienone is 1. The van der Waals surface area contributed by atoms with Crippen LogP contribution < -0.4 is 4.90 Å². The second-order valence-corrected chi connectivity index (χ2v) is 5.68. The molecule has 0 saturated heterocycles. The predicted octanol–water partition coefficient (Wildman–Crippen LogP) is 3.88. The van der Waals surface area contributed by atoms with Gasteiger partial charge in [0.25, 0.3) is 0 Å². The Morgan fingerprint density at radius 3 is 2.50 bits per heavy atom. The van der Waals surface area contributed by atoms with E-state index in [2.05, 4.69) is 57.5 Å². The molecule has 1 aromatic carbocycles. The van der Waals surface area contributed by atoms with Crippen molar-refractivity contribution in [3.63, 3.8) is 0 Å². The first-order chi connectivity index (χ1) is 7.41. The van der Waals surface area contributed by atoms with Gasteiger partial charge in [0.15, 0.2) is 0 Å². The fraction of sp³-hybridized carbons (Fsp3) is 0.467. The summed E-state index contributed by atoms with van der Waals surface area (Å²) in [6, 6.07) is 6.63. The number of hydrogen-bond donors (Lipinski definition) is 0. The maximum Gasteiger partial charge on any atom is 0.0441 e. The molecule has 1 heterocycles. The molecule has 0 spiro atoms. The highest BCUT2D eigenvalue weighted by Crippen LogP contribution is 2.37. The number of hydrogen-bond acceptors (Lipinski definition) is 1. The van der Waals surface area contributed by atoms with E-state index in [4.69, 9.17) is 0 Å². The lowest BCUT2D eigenvalue weighted by Gasteiger charge is -2.34. The van der Waals surface area contributed by atoms with Gasteiger partial charge in [0.1, 0.15) is 0 Å². The molecule has 2 rings (SSSR count). The summed E-state index contributed by atoms with van der Waals surface area (Å²) in [7, 11) is 2.12. The number of anilines is 1.